The summed E-state index contributed by atoms with van der Waals surface area (Å²) in [4.78, 5) is 11.7. The fraction of sp³-hybridized carbons (Fsp3) is 0.972. The van der Waals surface area contributed by atoms with Crippen LogP contribution in [0.2, 0.25) is 0 Å². The Balaban J connectivity index is 1.29. The van der Waals surface area contributed by atoms with Gasteiger partial charge in [0.2, 0.25) is 0 Å². The summed E-state index contributed by atoms with van der Waals surface area (Å²) in [5.41, 5.74) is -1.16. The molecule has 1 spiro atoms. The molecule has 5 heterocycles. The van der Waals surface area contributed by atoms with E-state index >= 15 is 0 Å². The molecule has 0 bridgehead atoms. The Morgan fingerprint density at radius 1 is 1.04 bits per heavy atom. The summed E-state index contributed by atoms with van der Waals surface area (Å²) in [7, 11) is 1.50. The first kappa shape index (κ1) is 37.4. The summed E-state index contributed by atoms with van der Waals surface area (Å²) in [5, 5.41) is 43.9. The monoisotopic (exact) mass is 669 g/mol. The van der Waals surface area contributed by atoms with Crippen LogP contribution in [0.15, 0.2) is 0 Å². The van der Waals surface area contributed by atoms with Gasteiger partial charge in [0.05, 0.1) is 60.5 Å². The second-order valence-corrected chi connectivity index (χ2v) is 16.3. The maximum Gasteiger partial charge on any atom is 0.192 e. The number of carboxylic acid groups (broad SMARTS) is 1. The topological polar surface area (TPSA) is 156 Å². The molecule has 17 atom stereocenters. The van der Waals surface area contributed by atoms with Gasteiger partial charge in [-0.05, 0) is 57.3 Å². The van der Waals surface area contributed by atoms with Gasteiger partial charge in [-0.1, -0.05) is 48.5 Å². The zero-order chi connectivity index (χ0) is 34.7. The number of ether oxygens (including phenoxy) is 6. The lowest BCUT2D eigenvalue weighted by molar-refractivity contribution is -0.338. The predicted octanol–water partition coefficient (Wildman–Crippen LogP) is 2.94. The minimum absolute atomic E-state index is 0.158. The molecule has 0 unspecified atom stereocenters. The van der Waals surface area contributed by atoms with E-state index in [-0.39, 0.29) is 54.0 Å². The molecule has 47 heavy (non-hydrogen) atoms. The number of carbonyl (C=O) groups excluding carboxylic acids is 1. The first-order valence-corrected chi connectivity index (χ1v) is 18.1. The standard InChI is InChI=1S/C36H62O11/c1-10-34(31-20(3)16-26(43-31)28-19(2)15-21(4)36(41,18-37)46-28)12-11-27(44-34)33(8)13-14-35(47-33)17-25(38)22(5)30(45-35)23(6)29(42-9)24(7)32(39)40/h19-31,37-38,41H,10-18H2,1-9H3,(H,39,40)/p-1/t19-,20+,21+,22+,23+,24-,25-,26-,27+,28-,29-,30-,31-,33+,34-,35+,36-/m0/s1. The van der Waals surface area contributed by atoms with Gasteiger partial charge >= 0.3 is 0 Å². The third kappa shape index (κ3) is 6.67. The molecule has 11 heteroatoms. The Bertz CT molecular complexity index is 1110. The molecular formula is C36H61O11-. The van der Waals surface area contributed by atoms with Crippen LogP contribution in [-0.4, -0.2) is 101 Å². The molecule has 5 aliphatic heterocycles. The van der Waals surface area contributed by atoms with Crippen molar-refractivity contribution in [2.24, 2.45) is 35.5 Å². The SMILES string of the molecule is CC[C@@]1([C@H]2O[C@H]([C@H]3O[C@@](O)(CO)[C@H](C)C[C@@H]3C)C[C@H]2C)CC[C@H]([C@@]2(C)CC[C@]3(C[C@H](O)[C@@H](C)[C@@H]([C@H](C)[C@H](OC)[C@H](C)C(=O)[O-])O3)O2)O1. The molecule has 3 N–H and O–H groups in total. The Kier molecular flexibility index (Phi) is 10.9. The molecule has 5 aliphatic rings. The van der Waals surface area contributed by atoms with Gasteiger partial charge < -0.3 is 53.6 Å². The number of aliphatic hydroxyl groups excluding tert-OH is 2. The van der Waals surface area contributed by atoms with Gasteiger partial charge in [0.15, 0.2) is 11.6 Å². The van der Waals surface area contributed by atoms with Crippen molar-refractivity contribution in [3.8, 4) is 0 Å². The third-order valence-electron chi connectivity index (χ3n) is 13.0. The Morgan fingerprint density at radius 2 is 1.74 bits per heavy atom. The van der Waals surface area contributed by atoms with E-state index in [1.165, 1.54) is 7.11 Å². The molecule has 0 aromatic rings. The molecule has 5 saturated heterocycles. The summed E-state index contributed by atoms with van der Waals surface area (Å²) in [6.45, 7) is 15.4. The van der Waals surface area contributed by atoms with Crippen molar-refractivity contribution < 1.29 is 53.6 Å². The number of aliphatic hydroxyl groups is 3. The lowest BCUT2D eigenvalue weighted by atomic mass is 9.78. The van der Waals surface area contributed by atoms with Crippen LogP contribution in [0.25, 0.3) is 0 Å². The van der Waals surface area contributed by atoms with Gasteiger partial charge in [-0.3, -0.25) is 0 Å². The average molecular weight is 670 g/mol. The highest BCUT2D eigenvalue weighted by atomic mass is 16.7. The quantitative estimate of drug-likeness (QED) is 0.314. The molecule has 0 aromatic heterocycles. The molecule has 5 fully saturated rings. The lowest BCUT2D eigenvalue weighted by Gasteiger charge is -2.49. The zero-order valence-electron chi connectivity index (χ0n) is 30.0. The van der Waals surface area contributed by atoms with Crippen molar-refractivity contribution in [1.29, 1.82) is 0 Å². The minimum Gasteiger partial charge on any atom is -0.550 e. The van der Waals surface area contributed by atoms with E-state index in [1.54, 1.807) is 6.92 Å². The van der Waals surface area contributed by atoms with Crippen molar-refractivity contribution in [3.63, 3.8) is 0 Å². The van der Waals surface area contributed by atoms with E-state index in [9.17, 15) is 25.2 Å². The van der Waals surface area contributed by atoms with Crippen LogP contribution < -0.4 is 5.11 Å². The molecule has 272 valence electrons. The molecule has 11 nitrogen and oxygen atoms in total. The second-order valence-electron chi connectivity index (χ2n) is 16.3. The van der Waals surface area contributed by atoms with Crippen LogP contribution in [0, 0.1) is 35.5 Å². The van der Waals surface area contributed by atoms with Gasteiger partial charge in [0.25, 0.3) is 0 Å². The average Bonchev–Trinajstić information content (AvgIpc) is 3.73. The maximum atomic E-state index is 11.7. The molecule has 0 aliphatic carbocycles. The Morgan fingerprint density at radius 3 is 2.36 bits per heavy atom. The van der Waals surface area contributed by atoms with Crippen LogP contribution in [0.3, 0.4) is 0 Å². The Labute approximate surface area is 281 Å². The van der Waals surface area contributed by atoms with Crippen molar-refractivity contribution in [3.05, 3.63) is 0 Å². The van der Waals surface area contributed by atoms with Gasteiger partial charge in [0.1, 0.15) is 0 Å². The van der Waals surface area contributed by atoms with Crippen LogP contribution in [0.1, 0.15) is 107 Å². The fourth-order valence-corrected chi connectivity index (χ4v) is 9.91. The Hall–Kier alpha value is -0.890. The van der Waals surface area contributed by atoms with Crippen molar-refractivity contribution in [2.75, 3.05) is 13.7 Å². The normalized spacial score (nSPS) is 50.9. The zero-order valence-corrected chi connectivity index (χ0v) is 30.0. The predicted molar refractivity (Wildman–Crippen MR) is 170 cm³/mol. The molecule has 0 aromatic carbocycles. The van der Waals surface area contributed by atoms with E-state index in [0.29, 0.717) is 19.3 Å². The molecule has 0 amide bonds. The molecular weight excluding hydrogens is 608 g/mol. The van der Waals surface area contributed by atoms with Gasteiger partial charge in [-0.25, -0.2) is 0 Å². The van der Waals surface area contributed by atoms with Crippen LogP contribution in [0.5, 0.6) is 0 Å². The van der Waals surface area contributed by atoms with Crippen LogP contribution in [0.4, 0.5) is 0 Å². The number of hydrogen-bond donors (Lipinski definition) is 3. The van der Waals surface area contributed by atoms with Crippen LogP contribution >= 0.6 is 0 Å². The number of methoxy groups -OCH3 is 1. The smallest absolute Gasteiger partial charge is 0.192 e. The van der Waals surface area contributed by atoms with Crippen molar-refractivity contribution >= 4 is 5.97 Å². The van der Waals surface area contributed by atoms with Crippen molar-refractivity contribution in [2.45, 2.75) is 172 Å². The summed E-state index contributed by atoms with van der Waals surface area (Å²) < 4.78 is 39.3. The summed E-state index contributed by atoms with van der Waals surface area (Å²) in [5.74, 6) is -4.97. The number of rotatable bonds is 10. The summed E-state index contributed by atoms with van der Waals surface area (Å²) in [6.07, 6.45) is 2.81. The highest BCUT2D eigenvalue weighted by Crippen LogP contribution is 2.55. The van der Waals surface area contributed by atoms with E-state index in [1.807, 2.05) is 20.8 Å². The molecule has 5 rings (SSSR count). The highest BCUT2D eigenvalue weighted by Gasteiger charge is 2.62. The minimum atomic E-state index is -1.57. The molecule has 0 radical (unpaired) electrons. The van der Waals surface area contributed by atoms with E-state index in [4.69, 9.17) is 28.4 Å². The summed E-state index contributed by atoms with van der Waals surface area (Å²) in [6, 6.07) is 0. The largest absolute Gasteiger partial charge is 0.550 e. The highest BCUT2D eigenvalue weighted by molar-refractivity contribution is 5.67. The second kappa shape index (κ2) is 13.7. The van der Waals surface area contributed by atoms with Crippen molar-refractivity contribution in [1.82, 2.24) is 0 Å². The van der Waals surface area contributed by atoms with Gasteiger partial charge in [-0.2, -0.15) is 0 Å². The molecule has 0 saturated carbocycles. The number of carboxylic acids is 1. The number of carbonyl (C=O) groups is 1. The van der Waals surface area contributed by atoms with Gasteiger partial charge in [0, 0.05) is 49.6 Å². The third-order valence-corrected chi connectivity index (χ3v) is 13.0. The fourth-order valence-electron chi connectivity index (χ4n) is 9.91. The van der Waals surface area contributed by atoms with Crippen LogP contribution in [-0.2, 0) is 33.2 Å². The first-order chi connectivity index (χ1) is 22.0. The maximum absolute atomic E-state index is 11.7. The van der Waals surface area contributed by atoms with E-state index in [2.05, 4.69) is 27.7 Å². The lowest BCUT2D eigenvalue weighted by Crippen LogP contribution is -2.57. The summed E-state index contributed by atoms with van der Waals surface area (Å²) >= 11 is 0. The van der Waals surface area contributed by atoms with E-state index in [0.717, 1.165) is 32.1 Å². The number of hydrogen-bond acceptors (Lipinski definition) is 11. The van der Waals surface area contributed by atoms with Gasteiger partial charge in [-0.15, -0.1) is 0 Å². The number of aliphatic carboxylic acids is 1. The van der Waals surface area contributed by atoms with E-state index < -0.39 is 59.6 Å². The first-order valence-electron chi connectivity index (χ1n) is 18.1.